The monoisotopic (exact) mass is 1070 g/mol. The van der Waals surface area contributed by atoms with E-state index in [1.165, 1.54) is 66.6 Å². The number of anilines is 4. The molecule has 0 unspecified atom stereocenters. The number of rotatable bonds is 9. The lowest BCUT2D eigenvalue weighted by Gasteiger charge is -2.36. The maximum atomic E-state index is 7.46. The molecule has 3 aliphatic rings. The standard InChI is InChI=1S/C78H66N4O/c1-75(2,3)54-41-42-79-72(45-54)82-67-36-22-19-33-60(67)61-40-39-57(48-70(61)82)83-71-47-56(46-66-73(71)77(6,7)49-76(66,4)5)80-50-81(69-38-24-23-37-68(69)80)74-62(51-25-11-8-12-26-51)43-55(44-63(74)52-27-13-9-14-28-52)78(53-29-15-10-16-30-53)64-34-20-17-31-58(64)59-32-18-21-35-65(59)78/h8-48H,49-50H2,1-7H3. The summed E-state index contributed by atoms with van der Waals surface area (Å²) in [6.45, 7) is 16.9. The van der Waals surface area contributed by atoms with E-state index >= 15 is 0 Å². The van der Waals surface area contributed by atoms with Crippen LogP contribution in [0.2, 0.25) is 0 Å². The summed E-state index contributed by atoms with van der Waals surface area (Å²) in [7, 11) is 0. The molecule has 0 saturated heterocycles. The number of ether oxygens (including phenoxy) is 1. The van der Waals surface area contributed by atoms with E-state index in [1.54, 1.807) is 0 Å². The predicted octanol–water partition coefficient (Wildman–Crippen LogP) is 20.2. The first-order chi connectivity index (χ1) is 40.3. The quantitative estimate of drug-likeness (QED) is 0.144. The highest BCUT2D eigenvalue weighted by atomic mass is 16.5. The van der Waals surface area contributed by atoms with E-state index < -0.39 is 5.41 Å². The van der Waals surface area contributed by atoms with Crippen LogP contribution >= 0.6 is 0 Å². The van der Waals surface area contributed by atoms with Gasteiger partial charge in [0.1, 0.15) is 24.0 Å². The lowest BCUT2D eigenvalue weighted by atomic mass is 9.66. The van der Waals surface area contributed by atoms with Gasteiger partial charge >= 0.3 is 0 Å². The van der Waals surface area contributed by atoms with Crippen LogP contribution in [0.3, 0.4) is 0 Å². The van der Waals surface area contributed by atoms with Gasteiger partial charge in [0.25, 0.3) is 0 Å². The molecule has 3 heterocycles. The number of hydrogen-bond donors (Lipinski definition) is 0. The van der Waals surface area contributed by atoms with E-state index in [1.807, 2.05) is 6.20 Å². The molecule has 0 radical (unpaired) electrons. The second-order valence-electron chi connectivity index (χ2n) is 25.4. The molecule has 5 heteroatoms. The normalized spacial score (nSPS) is 15.3. The lowest BCUT2D eigenvalue weighted by molar-refractivity contribution is 0.394. The van der Waals surface area contributed by atoms with Gasteiger partial charge in [-0.05, 0) is 139 Å². The zero-order valence-corrected chi connectivity index (χ0v) is 48.3. The molecule has 404 valence electrons. The van der Waals surface area contributed by atoms with Gasteiger partial charge in [-0.2, -0.15) is 0 Å². The Hall–Kier alpha value is -9.45. The molecule has 5 nitrogen and oxygen atoms in total. The molecule has 0 N–H and O–H groups in total. The highest BCUT2D eigenvalue weighted by Crippen LogP contribution is 2.60. The zero-order valence-electron chi connectivity index (χ0n) is 48.3. The van der Waals surface area contributed by atoms with Gasteiger partial charge in [-0.3, -0.25) is 4.57 Å². The van der Waals surface area contributed by atoms with Crippen LogP contribution in [0.25, 0.3) is 61.0 Å². The van der Waals surface area contributed by atoms with E-state index in [2.05, 4.69) is 305 Å². The van der Waals surface area contributed by atoms with Gasteiger partial charge in [0.15, 0.2) is 0 Å². The van der Waals surface area contributed by atoms with Crippen molar-refractivity contribution in [2.75, 3.05) is 16.5 Å². The number of aromatic nitrogens is 2. The molecule has 0 amide bonds. The maximum absolute atomic E-state index is 7.46. The Kier molecular flexibility index (Phi) is 11.4. The molecule has 0 bridgehead atoms. The molecule has 2 aliphatic carbocycles. The molecule has 10 aromatic carbocycles. The largest absolute Gasteiger partial charge is 0.457 e. The molecule has 0 spiro atoms. The Balaban J connectivity index is 0.922. The molecule has 0 fully saturated rings. The Morgan fingerprint density at radius 1 is 0.458 bits per heavy atom. The minimum Gasteiger partial charge on any atom is -0.457 e. The van der Waals surface area contributed by atoms with Crippen LogP contribution in [-0.2, 0) is 21.7 Å². The third kappa shape index (κ3) is 7.92. The molecule has 12 aromatic rings. The van der Waals surface area contributed by atoms with Crippen LogP contribution in [0.4, 0.5) is 22.7 Å². The first kappa shape index (κ1) is 50.5. The number of benzene rings is 10. The number of hydrogen-bond acceptors (Lipinski definition) is 4. The smallest absolute Gasteiger partial charge is 0.137 e. The Morgan fingerprint density at radius 2 is 1.02 bits per heavy atom. The van der Waals surface area contributed by atoms with Gasteiger partial charge in [-0.25, -0.2) is 4.98 Å². The van der Waals surface area contributed by atoms with E-state index in [0.717, 1.165) is 74.0 Å². The van der Waals surface area contributed by atoms with Gasteiger partial charge < -0.3 is 14.5 Å². The topological polar surface area (TPSA) is 33.5 Å². The van der Waals surface area contributed by atoms with Crippen LogP contribution in [0.15, 0.2) is 249 Å². The van der Waals surface area contributed by atoms with Crippen molar-refractivity contribution in [3.05, 3.63) is 288 Å². The van der Waals surface area contributed by atoms with Crippen molar-refractivity contribution in [2.24, 2.45) is 0 Å². The van der Waals surface area contributed by atoms with Crippen molar-refractivity contribution in [2.45, 2.75) is 76.5 Å². The number of pyridine rings is 1. The molecule has 0 atom stereocenters. The van der Waals surface area contributed by atoms with Crippen LogP contribution in [0.1, 0.15) is 93.8 Å². The summed E-state index contributed by atoms with van der Waals surface area (Å²) >= 11 is 0. The second-order valence-corrected chi connectivity index (χ2v) is 25.4. The minimum atomic E-state index is -0.605. The fourth-order valence-corrected chi connectivity index (χ4v) is 14.9. The number of fused-ring (bicyclic) bond motifs is 8. The first-order valence-electron chi connectivity index (χ1n) is 29.3. The van der Waals surface area contributed by atoms with Crippen molar-refractivity contribution in [3.8, 4) is 50.7 Å². The Labute approximate surface area is 487 Å². The fourth-order valence-electron chi connectivity index (χ4n) is 14.9. The van der Waals surface area contributed by atoms with Gasteiger partial charge in [0, 0.05) is 51.5 Å². The summed E-state index contributed by atoms with van der Waals surface area (Å²) < 4.78 is 9.77. The van der Waals surface area contributed by atoms with Gasteiger partial charge in [0.05, 0.1) is 33.5 Å². The van der Waals surface area contributed by atoms with Crippen molar-refractivity contribution in [1.29, 1.82) is 0 Å². The molecular weight excluding hydrogens is 1010 g/mol. The van der Waals surface area contributed by atoms with Crippen molar-refractivity contribution in [3.63, 3.8) is 0 Å². The van der Waals surface area contributed by atoms with Crippen molar-refractivity contribution in [1.82, 2.24) is 9.55 Å². The summed E-state index contributed by atoms with van der Waals surface area (Å²) in [5.74, 6) is 2.58. The summed E-state index contributed by atoms with van der Waals surface area (Å²) in [5.41, 5.74) is 21.9. The molecular formula is C78H66N4O. The van der Waals surface area contributed by atoms with Crippen LogP contribution in [0.5, 0.6) is 11.5 Å². The predicted molar refractivity (Wildman–Crippen MR) is 345 cm³/mol. The summed E-state index contributed by atoms with van der Waals surface area (Å²) in [6, 6.07) is 89.9. The highest BCUT2D eigenvalue weighted by molar-refractivity contribution is 6.09. The zero-order chi connectivity index (χ0) is 56.4. The number of nitrogens with zero attached hydrogens (tertiary/aromatic N) is 4. The molecule has 0 saturated carbocycles. The van der Waals surface area contributed by atoms with Gasteiger partial charge in [-0.15, -0.1) is 0 Å². The Bertz CT molecular complexity index is 4420. The summed E-state index contributed by atoms with van der Waals surface area (Å²) in [5, 5.41) is 2.35. The minimum absolute atomic E-state index is 0.0371. The molecule has 1 aliphatic heterocycles. The SMILES string of the molecule is CC(C)(C)c1ccnc(-n2c3ccccc3c3ccc(Oc4cc(N5CN(c6c(-c7ccccc7)cc(C7(c8ccccc8)c8ccccc8-c8ccccc87)cc6-c6ccccc6)c6ccccc65)cc5c4C(C)(C)CC5(C)C)cc32)c1. The van der Waals surface area contributed by atoms with Crippen LogP contribution < -0.4 is 14.5 Å². The van der Waals surface area contributed by atoms with E-state index in [-0.39, 0.29) is 16.2 Å². The van der Waals surface area contributed by atoms with E-state index in [0.29, 0.717) is 6.67 Å². The van der Waals surface area contributed by atoms with E-state index in [9.17, 15) is 0 Å². The average molecular weight is 1080 g/mol. The van der Waals surface area contributed by atoms with Gasteiger partial charge in [-0.1, -0.05) is 218 Å². The molecule has 2 aromatic heterocycles. The fraction of sp³-hybridized carbons (Fsp3) is 0.167. The average Bonchev–Trinajstić information content (AvgIpc) is 1.83. The number of para-hydroxylation sites is 3. The highest BCUT2D eigenvalue weighted by Gasteiger charge is 2.48. The maximum Gasteiger partial charge on any atom is 0.137 e. The Morgan fingerprint density at radius 3 is 1.67 bits per heavy atom. The molecule has 83 heavy (non-hydrogen) atoms. The lowest BCUT2D eigenvalue weighted by Crippen LogP contribution is -2.29. The summed E-state index contributed by atoms with van der Waals surface area (Å²) in [4.78, 5) is 10.1. The molecule has 15 rings (SSSR count). The first-order valence-corrected chi connectivity index (χ1v) is 29.3. The summed E-state index contributed by atoms with van der Waals surface area (Å²) in [6.07, 6.45) is 2.94. The van der Waals surface area contributed by atoms with Crippen molar-refractivity contribution >= 4 is 44.6 Å². The van der Waals surface area contributed by atoms with Crippen LogP contribution in [-0.4, -0.2) is 16.2 Å². The third-order valence-electron chi connectivity index (χ3n) is 18.3. The van der Waals surface area contributed by atoms with Crippen LogP contribution in [0, 0.1) is 0 Å². The second kappa shape index (κ2) is 18.8. The third-order valence-corrected chi connectivity index (χ3v) is 18.3. The van der Waals surface area contributed by atoms with E-state index in [4.69, 9.17) is 9.72 Å². The van der Waals surface area contributed by atoms with Gasteiger partial charge in [0.2, 0.25) is 0 Å². The van der Waals surface area contributed by atoms with Crippen molar-refractivity contribution < 1.29 is 4.74 Å².